The van der Waals surface area contributed by atoms with Crippen LogP contribution >= 0.6 is 0 Å². The summed E-state index contributed by atoms with van der Waals surface area (Å²) in [6.07, 6.45) is 1.72. The van der Waals surface area contributed by atoms with Gasteiger partial charge in [0, 0.05) is 31.5 Å². The quantitative estimate of drug-likeness (QED) is 0.810. The zero-order valence-corrected chi connectivity index (χ0v) is 13.9. The molecule has 0 aliphatic carbocycles. The predicted octanol–water partition coefficient (Wildman–Crippen LogP) is 2.81. The first-order valence-electron chi connectivity index (χ1n) is 7.52. The highest BCUT2D eigenvalue weighted by Crippen LogP contribution is 2.33. The molecule has 2 aromatic rings. The van der Waals surface area contributed by atoms with Crippen molar-refractivity contribution < 1.29 is 4.79 Å². The maximum absolute atomic E-state index is 11.9. The van der Waals surface area contributed by atoms with E-state index in [4.69, 9.17) is 0 Å². The Bertz CT molecular complexity index is 801. The smallest absolute Gasteiger partial charge is 0.321 e. The van der Waals surface area contributed by atoms with Gasteiger partial charge in [-0.15, -0.1) is 5.53 Å². The van der Waals surface area contributed by atoms with E-state index >= 15 is 0 Å². The number of carbonyl (C=O) groups is 1. The third kappa shape index (κ3) is 2.89. The van der Waals surface area contributed by atoms with E-state index in [-0.39, 0.29) is 6.03 Å². The predicted molar refractivity (Wildman–Crippen MR) is 96.4 cm³/mol. The Labute approximate surface area is 140 Å². The van der Waals surface area contributed by atoms with E-state index in [1.165, 1.54) is 4.90 Å². The Morgan fingerprint density at radius 2 is 2.12 bits per heavy atom. The number of pyridine rings is 1. The minimum absolute atomic E-state index is 0.170. The Balaban J connectivity index is 1.88. The lowest BCUT2D eigenvalue weighted by Crippen LogP contribution is -2.34. The Morgan fingerprint density at radius 3 is 2.88 bits per heavy atom. The van der Waals surface area contributed by atoms with Crippen molar-refractivity contribution >= 4 is 28.9 Å². The zero-order valence-electron chi connectivity index (χ0n) is 13.9. The maximum Gasteiger partial charge on any atom is 0.321 e. The van der Waals surface area contributed by atoms with E-state index in [1.54, 1.807) is 20.3 Å². The lowest BCUT2D eigenvalue weighted by atomic mass is 10.1. The number of anilines is 3. The van der Waals surface area contributed by atoms with Crippen molar-refractivity contribution in [3.8, 4) is 0 Å². The molecule has 1 aliphatic heterocycles. The first-order valence-corrected chi connectivity index (χ1v) is 7.52. The van der Waals surface area contributed by atoms with Crippen molar-refractivity contribution in [2.45, 2.75) is 6.92 Å². The van der Waals surface area contributed by atoms with E-state index in [0.29, 0.717) is 0 Å². The van der Waals surface area contributed by atoms with Crippen LogP contribution in [0.4, 0.5) is 22.0 Å². The van der Waals surface area contributed by atoms with Crippen LogP contribution in [0, 0.1) is 6.92 Å². The third-order valence-electron chi connectivity index (χ3n) is 3.80. The van der Waals surface area contributed by atoms with Crippen LogP contribution in [-0.4, -0.2) is 30.0 Å². The van der Waals surface area contributed by atoms with Gasteiger partial charge in [0.25, 0.3) is 0 Å². The molecule has 0 fully saturated rings. The average Bonchev–Trinajstić information content (AvgIpc) is 3.00. The molecule has 0 atom stereocenters. The standard InChI is InChI=1S/C17H20N6O/c1-11-7-8-13(10-14(11)19-17(24)22(3)4)12(2)23-15-6-5-9-18-16(15)20-21-23/h5-10,21H,2H2,1,3-4H3,(H,18,20)(H,19,24). The fraction of sp³-hybridized carbons (Fsp3) is 0.176. The summed E-state index contributed by atoms with van der Waals surface area (Å²) in [7, 11) is 3.41. The fourth-order valence-electron chi connectivity index (χ4n) is 2.35. The summed E-state index contributed by atoms with van der Waals surface area (Å²) in [4.78, 5) is 17.7. The number of nitrogens with one attached hydrogen (secondary N) is 3. The van der Waals surface area contributed by atoms with Crippen molar-refractivity contribution in [3.63, 3.8) is 0 Å². The summed E-state index contributed by atoms with van der Waals surface area (Å²) in [5.41, 5.74) is 10.3. The second kappa shape index (κ2) is 6.21. The van der Waals surface area contributed by atoms with E-state index in [0.717, 1.165) is 34.0 Å². The summed E-state index contributed by atoms with van der Waals surface area (Å²) >= 11 is 0. The molecule has 2 amide bonds. The number of aryl methyl sites for hydroxylation is 1. The lowest BCUT2D eigenvalue weighted by molar-refractivity contribution is 0.230. The van der Waals surface area contributed by atoms with Crippen LogP contribution in [0.5, 0.6) is 0 Å². The zero-order chi connectivity index (χ0) is 17.3. The van der Waals surface area contributed by atoms with Crippen LogP contribution in [0.25, 0.3) is 5.70 Å². The van der Waals surface area contributed by atoms with Crippen molar-refractivity contribution in [2.24, 2.45) is 0 Å². The van der Waals surface area contributed by atoms with E-state index in [2.05, 4.69) is 27.8 Å². The summed E-state index contributed by atoms with van der Waals surface area (Å²) in [6.45, 7) is 6.11. The molecule has 0 bridgehead atoms. The molecule has 24 heavy (non-hydrogen) atoms. The number of amides is 2. The van der Waals surface area contributed by atoms with Gasteiger partial charge in [0.15, 0.2) is 5.82 Å². The minimum atomic E-state index is -0.170. The lowest BCUT2D eigenvalue weighted by Gasteiger charge is -2.21. The Hall–Kier alpha value is -3.06. The number of nitrogens with zero attached hydrogens (tertiary/aromatic N) is 3. The van der Waals surface area contributed by atoms with Crippen molar-refractivity contribution in [1.29, 1.82) is 0 Å². The maximum atomic E-state index is 11.9. The van der Waals surface area contributed by atoms with Gasteiger partial charge in [-0.05, 0) is 30.7 Å². The first kappa shape index (κ1) is 15.8. The van der Waals surface area contributed by atoms with E-state index < -0.39 is 0 Å². The number of hydrogen-bond donors (Lipinski definition) is 3. The van der Waals surface area contributed by atoms with Gasteiger partial charge >= 0.3 is 6.03 Å². The second-order valence-electron chi connectivity index (χ2n) is 5.74. The first-order chi connectivity index (χ1) is 11.5. The molecule has 7 heteroatoms. The van der Waals surface area contributed by atoms with Gasteiger partial charge in [-0.25, -0.2) is 9.78 Å². The van der Waals surface area contributed by atoms with Gasteiger partial charge in [-0.3, -0.25) is 10.4 Å². The van der Waals surface area contributed by atoms with Crippen molar-refractivity contribution in [3.05, 3.63) is 54.2 Å². The number of rotatable bonds is 3. The van der Waals surface area contributed by atoms with Crippen LogP contribution in [-0.2, 0) is 0 Å². The number of aromatic nitrogens is 1. The van der Waals surface area contributed by atoms with Crippen LogP contribution in [0.3, 0.4) is 0 Å². The summed E-state index contributed by atoms with van der Waals surface area (Å²) in [5, 5.41) is 4.72. The molecule has 1 aromatic heterocycles. The summed E-state index contributed by atoms with van der Waals surface area (Å²) in [6, 6.07) is 9.49. The van der Waals surface area contributed by atoms with E-state index in [9.17, 15) is 4.79 Å². The molecule has 3 rings (SSSR count). The molecule has 3 N–H and O–H groups in total. The average molecular weight is 324 g/mol. The van der Waals surface area contributed by atoms with Gasteiger partial charge in [0.1, 0.15) is 5.69 Å². The SMILES string of the molecule is C=C(c1ccc(C)c(NC(=O)N(C)C)c1)N1NNc2ncccc21. The summed E-state index contributed by atoms with van der Waals surface area (Å²) in [5.74, 6) is 0.742. The van der Waals surface area contributed by atoms with Gasteiger partial charge < -0.3 is 10.2 Å². The van der Waals surface area contributed by atoms with Gasteiger partial charge in [-0.1, -0.05) is 18.7 Å². The number of carbonyl (C=O) groups excluding carboxylic acids is 1. The molecule has 0 radical (unpaired) electrons. The second-order valence-corrected chi connectivity index (χ2v) is 5.74. The highest BCUT2D eigenvalue weighted by Gasteiger charge is 2.22. The molecule has 124 valence electrons. The molecule has 7 nitrogen and oxygen atoms in total. The molecule has 2 heterocycles. The highest BCUT2D eigenvalue weighted by molar-refractivity contribution is 5.91. The van der Waals surface area contributed by atoms with Crippen LogP contribution in [0.15, 0.2) is 43.1 Å². The summed E-state index contributed by atoms with van der Waals surface area (Å²) < 4.78 is 0. The number of hydrogen-bond acceptors (Lipinski definition) is 5. The largest absolute Gasteiger partial charge is 0.331 e. The molecule has 0 unspecified atom stereocenters. The highest BCUT2D eigenvalue weighted by atomic mass is 16.2. The Morgan fingerprint density at radius 1 is 1.33 bits per heavy atom. The van der Waals surface area contributed by atoms with Gasteiger partial charge in [0.05, 0.1) is 5.70 Å². The number of urea groups is 1. The van der Waals surface area contributed by atoms with Crippen LogP contribution in [0.2, 0.25) is 0 Å². The minimum Gasteiger partial charge on any atom is -0.331 e. The van der Waals surface area contributed by atoms with E-state index in [1.807, 2.05) is 42.3 Å². The fourth-order valence-corrected chi connectivity index (χ4v) is 2.35. The van der Waals surface area contributed by atoms with Gasteiger partial charge in [-0.2, -0.15) is 0 Å². The molecular formula is C17H20N6O. The van der Waals surface area contributed by atoms with Crippen LogP contribution < -0.4 is 21.3 Å². The molecule has 0 saturated heterocycles. The number of fused-ring (bicyclic) bond motifs is 1. The number of hydrazine groups is 2. The molecule has 0 spiro atoms. The molecule has 0 saturated carbocycles. The molecule has 1 aromatic carbocycles. The topological polar surface area (TPSA) is 72.5 Å². The molecule has 1 aliphatic rings. The number of benzene rings is 1. The normalized spacial score (nSPS) is 12.4. The monoisotopic (exact) mass is 324 g/mol. The van der Waals surface area contributed by atoms with Crippen LogP contribution in [0.1, 0.15) is 11.1 Å². The third-order valence-corrected chi connectivity index (χ3v) is 3.80. The van der Waals surface area contributed by atoms with Crippen molar-refractivity contribution in [2.75, 3.05) is 29.8 Å². The molecular weight excluding hydrogens is 304 g/mol. The van der Waals surface area contributed by atoms with Gasteiger partial charge in [0.2, 0.25) is 0 Å². The Kier molecular flexibility index (Phi) is 4.09. The van der Waals surface area contributed by atoms with Crippen molar-refractivity contribution in [1.82, 2.24) is 15.4 Å².